The molecule has 0 amide bonds. The van der Waals surface area contributed by atoms with Crippen molar-refractivity contribution in [3.8, 4) is 16.8 Å². The van der Waals surface area contributed by atoms with Gasteiger partial charge in [-0.05, 0) is 46.9 Å². The maximum Gasteiger partial charge on any atom is 0.330 e. The van der Waals surface area contributed by atoms with E-state index < -0.39 is 0 Å². The van der Waals surface area contributed by atoms with Crippen LogP contribution in [-0.4, -0.2) is 29.3 Å². The first-order chi connectivity index (χ1) is 16.6. The van der Waals surface area contributed by atoms with Gasteiger partial charge in [0, 0.05) is 12.1 Å². The lowest BCUT2D eigenvalue weighted by molar-refractivity contribution is 0.460. The predicted octanol–water partition coefficient (Wildman–Crippen LogP) is 5.01. The molecule has 0 spiro atoms. The van der Waals surface area contributed by atoms with Crippen molar-refractivity contribution in [3.05, 3.63) is 82.5 Å². The first-order valence-electron chi connectivity index (χ1n) is 12.0. The van der Waals surface area contributed by atoms with E-state index in [1.165, 1.54) is 4.57 Å². The second-order valence-electron chi connectivity index (χ2n) is 8.54. The summed E-state index contributed by atoms with van der Waals surface area (Å²) < 4.78 is 19.8. The number of nitrogens with zero attached hydrogens (tertiary/aromatic N) is 6. The number of tetrazole rings is 1. The zero-order valence-corrected chi connectivity index (χ0v) is 19.8. The Bertz CT molecular complexity index is 1260. The van der Waals surface area contributed by atoms with Gasteiger partial charge < -0.3 is 0 Å². The number of unbranched alkanes of at least 4 members (excludes halogenated alkanes) is 3. The Morgan fingerprint density at radius 1 is 0.912 bits per heavy atom. The van der Waals surface area contributed by atoms with Crippen molar-refractivity contribution in [3.63, 3.8) is 0 Å². The maximum absolute atomic E-state index is 15.2. The van der Waals surface area contributed by atoms with E-state index in [9.17, 15) is 4.79 Å². The number of rotatable bonds is 11. The van der Waals surface area contributed by atoms with Crippen LogP contribution in [0.1, 0.15) is 57.2 Å². The van der Waals surface area contributed by atoms with Gasteiger partial charge in [-0.1, -0.05) is 75.6 Å². The van der Waals surface area contributed by atoms with Gasteiger partial charge in [0.15, 0.2) is 0 Å². The fourth-order valence-corrected chi connectivity index (χ4v) is 4.23. The Morgan fingerprint density at radius 2 is 1.68 bits per heavy atom. The molecule has 4 rings (SSSR count). The van der Waals surface area contributed by atoms with Crippen LogP contribution in [0.4, 0.5) is 4.39 Å². The third-order valence-corrected chi connectivity index (χ3v) is 6.12. The first kappa shape index (κ1) is 23.6. The van der Waals surface area contributed by atoms with E-state index in [2.05, 4.69) is 29.4 Å². The zero-order valence-electron chi connectivity index (χ0n) is 19.8. The molecule has 0 saturated carbocycles. The second-order valence-corrected chi connectivity index (χ2v) is 8.54. The van der Waals surface area contributed by atoms with E-state index in [0.717, 1.165) is 54.5 Å². The summed E-state index contributed by atoms with van der Waals surface area (Å²) in [6.07, 6.45) is 6.75. The molecule has 0 atom stereocenters. The molecule has 4 aromatic rings. The molecule has 0 bridgehead atoms. The molecule has 2 heterocycles. The quantitative estimate of drug-likeness (QED) is 0.294. The first-order valence-corrected chi connectivity index (χ1v) is 12.0. The highest BCUT2D eigenvalue weighted by Gasteiger charge is 2.19. The zero-order chi connectivity index (χ0) is 23.9. The third kappa shape index (κ3) is 5.00. The number of imidazole rings is 1. The van der Waals surface area contributed by atoms with E-state index in [4.69, 9.17) is 0 Å². The highest BCUT2D eigenvalue weighted by Crippen LogP contribution is 2.26. The van der Waals surface area contributed by atoms with Gasteiger partial charge in [0.05, 0.1) is 17.9 Å². The van der Waals surface area contributed by atoms with Crippen LogP contribution in [-0.2, 0) is 19.5 Å². The number of benzene rings is 2. The molecule has 0 unspecified atom stereocenters. The lowest BCUT2D eigenvalue weighted by atomic mass is 10.0. The van der Waals surface area contributed by atoms with Crippen molar-refractivity contribution < 1.29 is 4.39 Å². The fraction of sp³-hybridized carbons (Fsp3) is 0.385. The number of aromatic nitrogens is 6. The minimum absolute atomic E-state index is 0.257. The molecule has 0 fully saturated rings. The Hall–Kier alpha value is -3.55. The van der Waals surface area contributed by atoms with Crippen molar-refractivity contribution in [2.75, 3.05) is 0 Å². The average Bonchev–Trinajstić information content (AvgIpc) is 3.47. The van der Waals surface area contributed by atoms with E-state index in [1.54, 1.807) is 15.6 Å². The van der Waals surface area contributed by atoms with Gasteiger partial charge in [0.2, 0.25) is 5.95 Å². The smallest absolute Gasteiger partial charge is 0.289 e. The number of halogens is 1. The summed E-state index contributed by atoms with van der Waals surface area (Å²) in [5, 5.41) is 11.5. The average molecular weight is 463 g/mol. The highest BCUT2D eigenvalue weighted by molar-refractivity contribution is 5.72. The van der Waals surface area contributed by atoms with Crippen molar-refractivity contribution in [1.82, 2.24) is 29.3 Å². The van der Waals surface area contributed by atoms with Gasteiger partial charge in [0.1, 0.15) is 6.33 Å². The monoisotopic (exact) mass is 462 g/mol. The van der Waals surface area contributed by atoms with Crippen molar-refractivity contribution in [1.29, 1.82) is 0 Å². The van der Waals surface area contributed by atoms with Gasteiger partial charge >= 0.3 is 5.69 Å². The van der Waals surface area contributed by atoms with E-state index >= 15 is 4.39 Å². The van der Waals surface area contributed by atoms with Crippen LogP contribution in [0.25, 0.3) is 16.8 Å². The number of hydrogen-bond acceptors (Lipinski definition) is 4. The second kappa shape index (κ2) is 11.0. The van der Waals surface area contributed by atoms with Gasteiger partial charge in [-0.2, -0.15) is 9.07 Å². The van der Waals surface area contributed by atoms with E-state index in [-0.39, 0.29) is 11.6 Å². The number of para-hydroxylation sites is 1. The highest BCUT2D eigenvalue weighted by atomic mass is 19.1. The summed E-state index contributed by atoms with van der Waals surface area (Å²) in [6, 6.07) is 15.9. The molecule has 0 aliphatic heterocycles. The molecule has 7 nitrogen and oxygen atoms in total. The summed E-state index contributed by atoms with van der Waals surface area (Å²) >= 11 is 0. The van der Waals surface area contributed by atoms with E-state index in [0.29, 0.717) is 25.2 Å². The molecule has 0 aliphatic rings. The SMILES string of the molecule is CCCCCn1c(F)c(CCCC)n(Cc2ccc(-c3ccccc3-n3cnnn3)cc2)c1=O. The molecule has 0 aliphatic carbocycles. The molecular formula is C26H31FN6O. The third-order valence-electron chi connectivity index (χ3n) is 6.12. The maximum atomic E-state index is 15.2. The molecule has 34 heavy (non-hydrogen) atoms. The molecule has 0 N–H and O–H groups in total. The summed E-state index contributed by atoms with van der Waals surface area (Å²) in [7, 11) is 0. The Morgan fingerprint density at radius 3 is 2.38 bits per heavy atom. The van der Waals surface area contributed by atoms with Gasteiger partial charge in [0.25, 0.3) is 0 Å². The molecule has 2 aromatic carbocycles. The molecule has 8 heteroatoms. The van der Waals surface area contributed by atoms with Gasteiger partial charge in [-0.3, -0.25) is 9.13 Å². The Labute approximate surface area is 198 Å². The van der Waals surface area contributed by atoms with Gasteiger partial charge in [-0.15, -0.1) is 5.10 Å². The van der Waals surface area contributed by atoms with Crippen LogP contribution >= 0.6 is 0 Å². The van der Waals surface area contributed by atoms with Crippen LogP contribution in [0.5, 0.6) is 0 Å². The standard InChI is InChI=1S/C26H31FN6O/c1-3-5-9-17-31-25(27)24(11-6-4-2)32(26(31)34)18-20-13-15-21(16-14-20)22-10-7-8-12-23(22)33-19-28-29-30-33/h7-8,10,12-16,19H,3-6,9,11,17-18H2,1-2H3. The van der Waals surface area contributed by atoms with Crippen molar-refractivity contribution in [2.24, 2.45) is 0 Å². The normalized spacial score (nSPS) is 11.3. The summed E-state index contributed by atoms with van der Waals surface area (Å²) in [5.74, 6) is -0.374. The molecule has 178 valence electrons. The van der Waals surface area contributed by atoms with Crippen LogP contribution < -0.4 is 5.69 Å². The van der Waals surface area contributed by atoms with Crippen LogP contribution in [0.3, 0.4) is 0 Å². The topological polar surface area (TPSA) is 70.5 Å². The Balaban J connectivity index is 1.62. The fourth-order valence-electron chi connectivity index (χ4n) is 4.23. The summed E-state index contributed by atoms with van der Waals surface area (Å²) in [4.78, 5) is 13.1. The molecule has 2 aromatic heterocycles. The largest absolute Gasteiger partial charge is 0.330 e. The van der Waals surface area contributed by atoms with Crippen LogP contribution in [0.15, 0.2) is 59.7 Å². The molecule has 0 radical (unpaired) electrons. The minimum atomic E-state index is -0.374. The lowest BCUT2D eigenvalue weighted by Crippen LogP contribution is -2.26. The van der Waals surface area contributed by atoms with Gasteiger partial charge in [-0.25, -0.2) is 4.79 Å². The lowest BCUT2D eigenvalue weighted by Gasteiger charge is -2.11. The number of hydrogen-bond donors (Lipinski definition) is 0. The summed E-state index contributed by atoms with van der Waals surface area (Å²) in [6.45, 7) is 4.95. The summed E-state index contributed by atoms with van der Waals surface area (Å²) in [5.41, 5.74) is 4.09. The Kier molecular flexibility index (Phi) is 7.67. The predicted molar refractivity (Wildman–Crippen MR) is 130 cm³/mol. The van der Waals surface area contributed by atoms with E-state index in [1.807, 2.05) is 48.5 Å². The van der Waals surface area contributed by atoms with Crippen molar-refractivity contribution >= 4 is 0 Å². The minimum Gasteiger partial charge on any atom is -0.289 e. The molecular weight excluding hydrogens is 431 g/mol. The van der Waals surface area contributed by atoms with Crippen LogP contribution in [0, 0.1) is 5.95 Å². The molecule has 0 saturated heterocycles. The van der Waals surface area contributed by atoms with Crippen molar-refractivity contribution in [2.45, 2.75) is 65.5 Å². The van der Waals surface area contributed by atoms with Crippen LogP contribution in [0.2, 0.25) is 0 Å².